The monoisotopic (exact) mass is 310 g/mol. The summed E-state index contributed by atoms with van der Waals surface area (Å²) >= 11 is 0. The number of benzene rings is 2. The second-order valence-corrected chi connectivity index (χ2v) is 7.19. The van der Waals surface area contributed by atoms with Crippen LogP contribution >= 0.6 is 10.7 Å². The van der Waals surface area contributed by atoms with Crippen molar-refractivity contribution < 1.29 is 13.2 Å². The standard InChI is InChI=1S/C15H15ClO3S/c1-11(2)19-15-9-8-13(20(16,17)18)10-14(15)12-6-4-3-5-7-12/h3-11H,1-2H3. The first-order chi connectivity index (χ1) is 9.38. The van der Waals surface area contributed by atoms with Gasteiger partial charge < -0.3 is 4.74 Å². The molecule has 0 aliphatic carbocycles. The number of hydrogen-bond donors (Lipinski definition) is 0. The van der Waals surface area contributed by atoms with Crippen molar-refractivity contribution in [3.8, 4) is 16.9 Å². The van der Waals surface area contributed by atoms with Crippen molar-refractivity contribution in [2.45, 2.75) is 24.8 Å². The third-order valence-electron chi connectivity index (χ3n) is 2.68. The van der Waals surface area contributed by atoms with Crippen LogP contribution in [0, 0.1) is 0 Å². The first-order valence-corrected chi connectivity index (χ1v) is 8.49. The van der Waals surface area contributed by atoms with Crippen LogP contribution in [0.4, 0.5) is 0 Å². The molecule has 0 amide bonds. The summed E-state index contributed by atoms with van der Waals surface area (Å²) in [6.07, 6.45) is -0.00378. The van der Waals surface area contributed by atoms with Crippen LogP contribution in [0.5, 0.6) is 5.75 Å². The van der Waals surface area contributed by atoms with E-state index in [2.05, 4.69) is 0 Å². The van der Waals surface area contributed by atoms with Gasteiger partial charge in [-0.25, -0.2) is 8.42 Å². The zero-order valence-electron chi connectivity index (χ0n) is 11.2. The molecule has 0 aromatic heterocycles. The van der Waals surface area contributed by atoms with Gasteiger partial charge in [-0.2, -0.15) is 0 Å². The van der Waals surface area contributed by atoms with Crippen molar-refractivity contribution in [3.05, 3.63) is 48.5 Å². The van der Waals surface area contributed by atoms with Crippen molar-refractivity contribution in [2.24, 2.45) is 0 Å². The molecule has 0 saturated carbocycles. The quantitative estimate of drug-likeness (QED) is 0.800. The summed E-state index contributed by atoms with van der Waals surface area (Å²) in [5.41, 5.74) is 1.59. The molecule has 0 spiro atoms. The van der Waals surface area contributed by atoms with Gasteiger partial charge in [0, 0.05) is 16.2 Å². The van der Waals surface area contributed by atoms with E-state index in [0.29, 0.717) is 11.3 Å². The van der Waals surface area contributed by atoms with Crippen molar-refractivity contribution in [2.75, 3.05) is 0 Å². The molecule has 0 N–H and O–H groups in total. The Kier molecular flexibility index (Phi) is 4.35. The lowest BCUT2D eigenvalue weighted by Crippen LogP contribution is -2.07. The van der Waals surface area contributed by atoms with Crippen LogP contribution in [0.25, 0.3) is 11.1 Å². The van der Waals surface area contributed by atoms with E-state index >= 15 is 0 Å². The zero-order valence-corrected chi connectivity index (χ0v) is 12.8. The number of ether oxygens (including phenoxy) is 1. The first-order valence-electron chi connectivity index (χ1n) is 6.19. The largest absolute Gasteiger partial charge is 0.490 e. The maximum Gasteiger partial charge on any atom is 0.261 e. The average Bonchev–Trinajstić information content (AvgIpc) is 2.38. The normalized spacial score (nSPS) is 11.6. The molecule has 2 aromatic rings. The molecule has 0 saturated heterocycles. The predicted molar refractivity (Wildman–Crippen MR) is 80.7 cm³/mol. The second kappa shape index (κ2) is 5.85. The van der Waals surface area contributed by atoms with Crippen LogP contribution < -0.4 is 4.74 Å². The third kappa shape index (κ3) is 3.52. The van der Waals surface area contributed by atoms with Crippen molar-refractivity contribution in [1.82, 2.24) is 0 Å². The van der Waals surface area contributed by atoms with E-state index in [-0.39, 0.29) is 11.0 Å². The summed E-state index contributed by atoms with van der Waals surface area (Å²) in [5.74, 6) is 0.635. The van der Waals surface area contributed by atoms with E-state index in [1.54, 1.807) is 6.07 Å². The number of rotatable bonds is 4. The van der Waals surface area contributed by atoms with Gasteiger partial charge in [-0.1, -0.05) is 30.3 Å². The molecule has 3 nitrogen and oxygen atoms in total. The maximum atomic E-state index is 11.5. The van der Waals surface area contributed by atoms with Crippen LogP contribution in [-0.4, -0.2) is 14.5 Å². The Morgan fingerprint density at radius 1 is 1.05 bits per heavy atom. The van der Waals surface area contributed by atoms with Crippen LogP contribution in [0.2, 0.25) is 0 Å². The summed E-state index contributed by atoms with van der Waals surface area (Å²) < 4.78 is 28.7. The van der Waals surface area contributed by atoms with E-state index in [1.165, 1.54) is 12.1 Å². The van der Waals surface area contributed by atoms with Gasteiger partial charge in [0.1, 0.15) is 5.75 Å². The highest BCUT2D eigenvalue weighted by Crippen LogP contribution is 2.33. The lowest BCUT2D eigenvalue weighted by molar-refractivity contribution is 0.243. The molecule has 106 valence electrons. The van der Waals surface area contributed by atoms with Crippen LogP contribution in [-0.2, 0) is 9.05 Å². The molecule has 0 radical (unpaired) electrons. The highest BCUT2D eigenvalue weighted by molar-refractivity contribution is 8.13. The number of halogens is 1. The van der Waals surface area contributed by atoms with E-state index in [0.717, 1.165) is 5.56 Å². The highest BCUT2D eigenvalue weighted by atomic mass is 35.7. The van der Waals surface area contributed by atoms with Crippen LogP contribution in [0.15, 0.2) is 53.4 Å². The molecular formula is C15H15ClO3S. The molecule has 5 heteroatoms. The van der Waals surface area contributed by atoms with Gasteiger partial charge >= 0.3 is 0 Å². The third-order valence-corrected chi connectivity index (χ3v) is 4.03. The average molecular weight is 311 g/mol. The van der Waals surface area contributed by atoms with E-state index < -0.39 is 9.05 Å². The summed E-state index contributed by atoms with van der Waals surface area (Å²) in [7, 11) is 1.65. The number of hydrogen-bond acceptors (Lipinski definition) is 3. The topological polar surface area (TPSA) is 43.4 Å². The van der Waals surface area contributed by atoms with Crippen LogP contribution in [0.1, 0.15) is 13.8 Å². The smallest absolute Gasteiger partial charge is 0.261 e. The van der Waals surface area contributed by atoms with E-state index in [9.17, 15) is 8.42 Å². The molecular weight excluding hydrogens is 296 g/mol. The molecule has 2 aromatic carbocycles. The Labute approximate surface area is 123 Å². The highest BCUT2D eigenvalue weighted by Gasteiger charge is 2.15. The summed E-state index contributed by atoms with van der Waals surface area (Å²) in [4.78, 5) is 0.0640. The lowest BCUT2D eigenvalue weighted by atomic mass is 10.0. The molecule has 20 heavy (non-hydrogen) atoms. The Balaban J connectivity index is 2.60. The van der Waals surface area contributed by atoms with Gasteiger partial charge in [-0.05, 0) is 37.6 Å². The molecule has 0 aliphatic heterocycles. The summed E-state index contributed by atoms with van der Waals surface area (Å²) in [5, 5.41) is 0. The molecule has 2 rings (SSSR count). The van der Waals surface area contributed by atoms with Crippen molar-refractivity contribution in [1.29, 1.82) is 0 Å². The van der Waals surface area contributed by atoms with E-state index in [4.69, 9.17) is 15.4 Å². The lowest BCUT2D eigenvalue weighted by Gasteiger charge is -2.15. The Hall–Kier alpha value is -1.52. The molecule has 0 aliphatic rings. The SMILES string of the molecule is CC(C)Oc1ccc(S(=O)(=O)Cl)cc1-c1ccccc1. The summed E-state index contributed by atoms with van der Waals surface area (Å²) in [6, 6.07) is 14.1. The van der Waals surface area contributed by atoms with Crippen molar-refractivity contribution in [3.63, 3.8) is 0 Å². The fourth-order valence-electron chi connectivity index (χ4n) is 1.86. The first kappa shape index (κ1) is 14.9. The minimum atomic E-state index is -3.76. The Morgan fingerprint density at radius 2 is 1.70 bits per heavy atom. The Morgan fingerprint density at radius 3 is 2.25 bits per heavy atom. The van der Waals surface area contributed by atoms with Gasteiger partial charge in [0.2, 0.25) is 0 Å². The predicted octanol–water partition coefficient (Wildman–Crippen LogP) is 4.07. The molecule has 0 fully saturated rings. The molecule has 0 unspecified atom stereocenters. The van der Waals surface area contributed by atoms with E-state index in [1.807, 2.05) is 44.2 Å². The fraction of sp³-hybridized carbons (Fsp3) is 0.200. The molecule has 0 bridgehead atoms. The zero-order chi connectivity index (χ0) is 14.8. The minimum Gasteiger partial charge on any atom is -0.490 e. The van der Waals surface area contributed by atoms with Crippen molar-refractivity contribution >= 4 is 19.7 Å². The van der Waals surface area contributed by atoms with Gasteiger partial charge in [0.15, 0.2) is 0 Å². The van der Waals surface area contributed by atoms with Gasteiger partial charge in [-0.3, -0.25) is 0 Å². The van der Waals surface area contributed by atoms with Gasteiger partial charge in [0.05, 0.1) is 11.0 Å². The molecule has 0 atom stereocenters. The van der Waals surface area contributed by atoms with Gasteiger partial charge in [-0.15, -0.1) is 0 Å². The van der Waals surface area contributed by atoms with Gasteiger partial charge in [0.25, 0.3) is 9.05 Å². The second-order valence-electron chi connectivity index (χ2n) is 4.63. The fourth-order valence-corrected chi connectivity index (χ4v) is 2.64. The maximum absolute atomic E-state index is 11.5. The molecule has 0 heterocycles. The summed E-state index contributed by atoms with van der Waals surface area (Å²) in [6.45, 7) is 3.84. The Bertz CT molecular complexity index is 694. The van der Waals surface area contributed by atoms with Crippen LogP contribution in [0.3, 0.4) is 0 Å². The minimum absolute atomic E-state index is 0.00378.